The van der Waals surface area contributed by atoms with Crippen LogP contribution in [0.5, 0.6) is 0 Å². The minimum atomic E-state index is -6.72. The number of carbonyl (C=O) groups is 1. The highest BCUT2D eigenvalue weighted by molar-refractivity contribution is 8.13. The van der Waals surface area contributed by atoms with Crippen LogP contribution in [-0.4, -0.2) is 71.1 Å². The quantitative estimate of drug-likeness (QED) is 0.0740. The largest absolute Gasteiger partial charge is 0.480 e. The van der Waals surface area contributed by atoms with Crippen molar-refractivity contribution < 1.29 is 57.2 Å². The van der Waals surface area contributed by atoms with Crippen LogP contribution in [0.25, 0.3) is 4.13 Å². The van der Waals surface area contributed by atoms with E-state index in [2.05, 4.69) is 27.4 Å². The molecule has 0 spiro atoms. The molecule has 0 aliphatic carbocycles. The first-order valence-corrected chi connectivity index (χ1v) is 14.6. The van der Waals surface area contributed by atoms with E-state index in [1.165, 1.54) is 62.8 Å². The third-order valence-corrected chi connectivity index (χ3v) is 8.17. The molecular formula is C21H38F6N2O6S2. The zero-order chi connectivity index (χ0) is 29.6. The molecule has 0 aromatic rings. The van der Waals surface area contributed by atoms with Crippen LogP contribution in [0.1, 0.15) is 72.6 Å². The van der Waals surface area contributed by atoms with E-state index in [1.807, 2.05) is 0 Å². The van der Waals surface area contributed by atoms with Crippen molar-refractivity contribution in [2.24, 2.45) is 0 Å². The molecule has 0 N–H and O–H groups in total. The number of ether oxygens (including phenoxy) is 1. The number of rotatable bonds is 16. The van der Waals surface area contributed by atoms with Crippen LogP contribution in [0.4, 0.5) is 26.3 Å². The molecular weight excluding hydrogens is 554 g/mol. The van der Waals surface area contributed by atoms with Crippen molar-refractivity contribution in [3.63, 3.8) is 0 Å². The van der Waals surface area contributed by atoms with E-state index in [0.29, 0.717) is 12.2 Å². The van der Waals surface area contributed by atoms with Gasteiger partial charge in [0.25, 0.3) is 0 Å². The smallest absolute Gasteiger partial charge is 0.462 e. The lowest BCUT2D eigenvalue weighted by Crippen LogP contribution is -2.48. The number of carbonyl (C=O) groups excluding carboxylic acids is 1. The zero-order valence-electron chi connectivity index (χ0n) is 21.6. The Balaban J connectivity index is 0. The Bertz CT molecular complexity index is 857. The fraction of sp³-hybridized carbons (Fsp3) is 0.857. The maximum absolute atomic E-state index is 11.4. The molecule has 0 aromatic carbocycles. The van der Waals surface area contributed by atoms with Gasteiger partial charge in [0, 0.05) is 5.57 Å². The van der Waals surface area contributed by atoms with Crippen molar-refractivity contribution in [2.45, 2.75) is 83.7 Å². The van der Waals surface area contributed by atoms with E-state index < -0.39 is 31.1 Å². The molecule has 222 valence electrons. The zero-order valence-corrected chi connectivity index (χ0v) is 23.3. The third kappa shape index (κ3) is 15.0. The van der Waals surface area contributed by atoms with E-state index in [0.717, 1.165) is 17.0 Å². The molecule has 0 rings (SSSR count). The fourth-order valence-corrected chi connectivity index (χ4v) is 4.91. The van der Waals surface area contributed by atoms with Gasteiger partial charge < -0.3 is 13.3 Å². The molecule has 0 aliphatic rings. The van der Waals surface area contributed by atoms with Gasteiger partial charge in [0.05, 0.1) is 32.8 Å². The van der Waals surface area contributed by atoms with Gasteiger partial charge in [0.2, 0.25) is 0 Å². The van der Waals surface area contributed by atoms with Crippen molar-refractivity contribution in [3.05, 3.63) is 16.3 Å². The Morgan fingerprint density at radius 3 is 1.54 bits per heavy atom. The first-order chi connectivity index (χ1) is 16.7. The number of hydrogen-bond acceptors (Lipinski definition) is 6. The summed E-state index contributed by atoms with van der Waals surface area (Å²) >= 11 is 0. The molecule has 37 heavy (non-hydrogen) atoms. The number of nitrogens with zero attached hydrogens (tertiary/aromatic N) is 2. The number of hydrogen-bond donors (Lipinski definition) is 0. The molecule has 0 bridgehead atoms. The molecule has 0 saturated carbocycles. The van der Waals surface area contributed by atoms with E-state index >= 15 is 0 Å². The van der Waals surface area contributed by atoms with Crippen molar-refractivity contribution in [2.75, 3.05) is 32.8 Å². The van der Waals surface area contributed by atoms with Crippen LogP contribution in [0, 0.1) is 0 Å². The summed E-state index contributed by atoms with van der Waals surface area (Å²) in [4.78, 5) is 11.2. The number of sulfonamides is 2. The summed E-state index contributed by atoms with van der Waals surface area (Å²) < 4.78 is 116. The first-order valence-electron chi connectivity index (χ1n) is 11.8. The van der Waals surface area contributed by atoms with Gasteiger partial charge in [-0.05, 0) is 46.5 Å². The molecule has 0 heterocycles. The van der Waals surface area contributed by atoms with Crippen LogP contribution in [-0.2, 0) is 29.6 Å². The lowest BCUT2D eigenvalue weighted by atomic mass is 10.1. The predicted molar refractivity (Wildman–Crippen MR) is 128 cm³/mol. The Morgan fingerprint density at radius 1 is 0.784 bits per heavy atom. The molecule has 8 nitrogen and oxygen atoms in total. The maximum Gasteiger partial charge on any atom is 0.480 e. The first kappa shape index (κ1) is 37.8. The normalized spacial score (nSPS) is 13.0. The van der Waals surface area contributed by atoms with Crippen molar-refractivity contribution in [3.8, 4) is 0 Å². The minimum absolute atomic E-state index is 0.260. The summed E-state index contributed by atoms with van der Waals surface area (Å²) in [5.41, 5.74) is -11.9. The summed E-state index contributed by atoms with van der Waals surface area (Å²) in [5, 5.41) is 0. The summed E-state index contributed by atoms with van der Waals surface area (Å²) in [6.45, 7) is 17.9. The average molecular weight is 593 g/mol. The highest BCUT2D eigenvalue weighted by Gasteiger charge is 2.46. The third-order valence-electron chi connectivity index (χ3n) is 5.43. The maximum atomic E-state index is 11.4. The molecule has 0 amide bonds. The SMILES string of the molecule is C=C(C)C(=O)OCCCCCCCC[N+](CC)(CC)CCC.O=S(=O)([N-]S(=O)(=O)C(F)(F)F)C(F)(F)F. The van der Waals surface area contributed by atoms with Gasteiger partial charge in [-0.25, -0.2) is 21.6 Å². The van der Waals surface area contributed by atoms with Crippen LogP contribution >= 0.6 is 0 Å². The van der Waals surface area contributed by atoms with E-state index in [9.17, 15) is 48.0 Å². The second kappa shape index (κ2) is 16.5. The Kier molecular flexibility index (Phi) is 16.9. The topological polar surface area (TPSA) is 109 Å². The minimum Gasteiger partial charge on any atom is -0.462 e. The van der Waals surface area contributed by atoms with Crippen molar-refractivity contribution in [1.82, 2.24) is 0 Å². The molecule has 0 atom stereocenters. The average Bonchev–Trinajstić information content (AvgIpc) is 2.75. The van der Waals surface area contributed by atoms with Gasteiger partial charge >= 0.3 is 17.0 Å². The van der Waals surface area contributed by atoms with Gasteiger partial charge in [-0.15, -0.1) is 0 Å². The molecule has 0 fully saturated rings. The van der Waals surface area contributed by atoms with Gasteiger partial charge in [-0.1, -0.05) is 32.8 Å². The Labute approximate surface area is 216 Å². The summed E-state index contributed by atoms with van der Waals surface area (Å²) in [5.74, 6) is -0.260. The van der Waals surface area contributed by atoms with Gasteiger partial charge in [0.15, 0.2) is 20.0 Å². The van der Waals surface area contributed by atoms with E-state index in [4.69, 9.17) is 4.74 Å². The number of esters is 1. The number of unbranched alkanes of at least 4 members (excludes halogenated alkanes) is 5. The molecule has 0 unspecified atom stereocenters. The lowest BCUT2D eigenvalue weighted by molar-refractivity contribution is -0.925. The van der Waals surface area contributed by atoms with Crippen LogP contribution in [0.2, 0.25) is 0 Å². The van der Waals surface area contributed by atoms with Gasteiger partial charge in [0.1, 0.15) is 0 Å². The number of halogens is 6. The van der Waals surface area contributed by atoms with Gasteiger partial charge in [-0.3, -0.25) is 0 Å². The number of quaternary nitrogens is 1. The highest BCUT2D eigenvalue weighted by atomic mass is 32.3. The molecule has 0 saturated heterocycles. The summed E-state index contributed by atoms with van der Waals surface area (Å²) in [6, 6.07) is 0. The number of alkyl halides is 6. The molecule has 0 aliphatic heterocycles. The van der Waals surface area contributed by atoms with Crippen molar-refractivity contribution in [1.29, 1.82) is 0 Å². The summed E-state index contributed by atoms with van der Waals surface area (Å²) in [7, 11) is -13.4. The fourth-order valence-electron chi connectivity index (χ4n) is 3.20. The second-order valence-electron chi connectivity index (χ2n) is 8.38. The summed E-state index contributed by atoms with van der Waals surface area (Å²) in [6.07, 6.45) is 8.62. The highest BCUT2D eigenvalue weighted by Crippen LogP contribution is 2.36. The molecule has 16 heteroatoms. The van der Waals surface area contributed by atoms with Crippen LogP contribution in [0.15, 0.2) is 12.2 Å². The van der Waals surface area contributed by atoms with Gasteiger partial charge in [-0.2, -0.15) is 26.3 Å². The lowest BCUT2D eigenvalue weighted by Gasteiger charge is -2.36. The predicted octanol–water partition coefficient (Wildman–Crippen LogP) is 5.77. The van der Waals surface area contributed by atoms with Crippen molar-refractivity contribution >= 4 is 26.0 Å². The molecule has 0 aromatic heterocycles. The van der Waals surface area contributed by atoms with E-state index in [1.54, 1.807) is 6.92 Å². The van der Waals surface area contributed by atoms with Crippen LogP contribution in [0.3, 0.4) is 0 Å². The Morgan fingerprint density at radius 2 is 1.19 bits per heavy atom. The second-order valence-corrected chi connectivity index (χ2v) is 11.8. The molecule has 0 radical (unpaired) electrons. The van der Waals surface area contributed by atoms with Crippen LogP contribution < -0.4 is 0 Å². The Hall–Kier alpha value is -1.39. The standard InChI is InChI=1S/C19H38NO2.C2F6NO4S2/c1-6-15-20(7-2,8-3)16-13-11-9-10-12-14-17-22-19(21)18(4)5;3-1(4,5)14(10,11)9-15(12,13)2(6,7)8/h4,6-17H2,1-3,5H3;/q+1;-1. The monoisotopic (exact) mass is 592 g/mol. The van der Waals surface area contributed by atoms with E-state index in [-0.39, 0.29) is 5.97 Å².